The van der Waals surface area contributed by atoms with Gasteiger partial charge >= 0.3 is 5.97 Å². The van der Waals surface area contributed by atoms with Gasteiger partial charge in [0.05, 0.1) is 17.9 Å². The largest absolute Gasteiger partial charge is 0.459 e. The van der Waals surface area contributed by atoms with E-state index in [1.165, 1.54) is 18.4 Å². The van der Waals surface area contributed by atoms with E-state index in [2.05, 4.69) is 10.6 Å². The fourth-order valence-corrected chi connectivity index (χ4v) is 2.61. The zero-order valence-corrected chi connectivity index (χ0v) is 15.8. The van der Waals surface area contributed by atoms with Crippen molar-refractivity contribution in [3.63, 3.8) is 0 Å². The highest BCUT2D eigenvalue weighted by Gasteiger charge is 2.14. The highest BCUT2D eigenvalue weighted by Crippen LogP contribution is 2.13. The second kappa shape index (κ2) is 9.36. The molecule has 0 bridgehead atoms. The molecule has 0 aliphatic carbocycles. The van der Waals surface area contributed by atoms with Crippen LogP contribution in [-0.4, -0.2) is 24.4 Å². The second-order valence-electron chi connectivity index (χ2n) is 6.28. The standard InChI is InChI=1S/C22H20N2O5/c1-15(16-6-3-2-4-7-16)23-20(25)14-29-22(27)17-9-11-18(12-10-17)24-21(26)19-8-5-13-28-19/h2-13,15H,14H2,1H3,(H,23,25)(H,24,26)/t15-/m0/s1. The van der Waals surface area contributed by atoms with E-state index >= 15 is 0 Å². The first-order valence-corrected chi connectivity index (χ1v) is 8.99. The first-order chi connectivity index (χ1) is 14.0. The molecular weight excluding hydrogens is 372 g/mol. The van der Waals surface area contributed by atoms with Crippen LogP contribution in [0.3, 0.4) is 0 Å². The van der Waals surface area contributed by atoms with E-state index in [1.807, 2.05) is 37.3 Å². The third-order valence-corrected chi connectivity index (χ3v) is 4.13. The predicted octanol–water partition coefficient (Wildman–Crippen LogP) is 3.57. The Balaban J connectivity index is 1.48. The second-order valence-corrected chi connectivity index (χ2v) is 6.28. The number of benzene rings is 2. The van der Waals surface area contributed by atoms with Gasteiger partial charge in [-0.25, -0.2) is 4.79 Å². The molecule has 0 radical (unpaired) electrons. The SMILES string of the molecule is C[C@H](NC(=O)COC(=O)c1ccc(NC(=O)c2ccco2)cc1)c1ccccc1. The maximum absolute atomic E-state index is 12.1. The van der Waals surface area contributed by atoms with Crippen molar-refractivity contribution in [3.05, 3.63) is 89.9 Å². The normalized spacial score (nSPS) is 11.3. The van der Waals surface area contributed by atoms with Crippen LogP contribution in [0.2, 0.25) is 0 Å². The van der Waals surface area contributed by atoms with E-state index < -0.39 is 17.8 Å². The van der Waals surface area contributed by atoms with Crippen LogP contribution in [0, 0.1) is 0 Å². The van der Waals surface area contributed by atoms with Crippen molar-refractivity contribution >= 4 is 23.5 Å². The average molecular weight is 392 g/mol. The molecule has 7 heteroatoms. The number of hydrogen-bond donors (Lipinski definition) is 2. The van der Waals surface area contributed by atoms with Crippen molar-refractivity contribution in [1.82, 2.24) is 5.32 Å². The summed E-state index contributed by atoms with van der Waals surface area (Å²) in [6.07, 6.45) is 1.41. The number of rotatable bonds is 7. The van der Waals surface area contributed by atoms with Crippen molar-refractivity contribution in [1.29, 1.82) is 0 Å². The lowest BCUT2D eigenvalue weighted by atomic mass is 10.1. The summed E-state index contributed by atoms with van der Waals surface area (Å²) >= 11 is 0. The molecule has 0 spiro atoms. The molecule has 0 unspecified atom stereocenters. The van der Waals surface area contributed by atoms with Gasteiger partial charge in [-0.15, -0.1) is 0 Å². The van der Waals surface area contributed by atoms with E-state index in [-0.39, 0.29) is 24.0 Å². The van der Waals surface area contributed by atoms with Gasteiger partial charge in [-0.1, -0.05) is 30.3 Å². The molecule has 2 amide bonds. The number of esters is 1. The van der Waals surface area contributed by atoms with Gasteiger partial charge in [-0.3, -0.25) is 9.59 Å². The summed E-state index contributed by atoms with van der Waals surface area (Å²) in [5.41, 5.74) is 1.72. The van der Waals surface area contributed by atoms with Crippen molar-refractivity contribution in [2.24, 2.45) is 0 Å². The summed E-state index contributed by atoms with van der Waals surface area (Å²) in [5.74, 6) is -1.23. The molecule has 0 fully saturated rings. The van der Waals surface area contributed by atoms with Crippen LogP contribution in [0.5, 0.6) is 0 Å². The van der Waals surface area contributed by atoms with Crippen molar-refractivity contribution in [2.75, 3.05) is 11.9 Å². The summed E-state index contributed by atoms with van der Waals surface area (Å²) in [5, 5.41) is 5.42. The molecule has 2 N–H and O–H groups in total. The van der Waals surface area contributed by atoms with E-state index in [4.69, 9.17) is 9.15 Å². The number of anilines is 1. The third-order valence-electron chi connectivity index (χ3n) is 4.13. The summed E-state index contributed by atoms with van der Waals surface area (Å²) < 4.78 is 10.1. The Morgan fingerprint density at radius 1 is 0.966 bits per heavy atom. The van der Waals surface area contributed by atoms with Gasteiger partial charge in [0.2, 0.25) is 0 Å². The number of ether oxygens (including phenoxy) is 1. The highest BCUT2D eigenvalue weighted by atomic mass is 16.5. The number of nitrogens with one attached hydrogen (secondary N) is 2. The minimum absolute atomic E-state index is 0.184. The van der Waals surface area contributed by atoms with Crippen LogP contribution >= 0.6 is 0 Å². The molecule has 0 aliphatic rings. The van der Waals surface area contributed by atoms with Gasteiger partial charge in [-0.2, -0.15) is 0 Å². The number of furan rings is 1. The first-order valence-electron chi connectivity index (χ1n) is 8.99. The van der Waals surface area contributed by atoms with Crippen LogP contribution in [0.15, 0.2) is 77.4 Å². The molecule has 29 heavy (non-hydrogen) atoms. The van der Waals surface area contributed by atoms with Crippen molar-refractivity contribution in [2.45, 2.75) is 13.0 Å². The molecule has 1 heterocycles. The van der Waals surface area contributed by atoms with Gasteiger partial charge in [0, 0.05) is 5.69 Å². The summed E-state index contributed by atoms with van der Waals surface area (Å²) in [6.45, 7) is 1.47. The number of carbonyl (C=O) groups excluding carboxylic acids is 3. The Morgan fingerprint density at radius 3 is 2.34 bits per heavy atom. The Morgan fingerprint density at radius 2 is 1.69 bits per heavy atom. The topological polar surface area (TPSA) is 97.6 Å². The van der Waals surface area contributed by atoms with Crippen LogP contribution in [0.1, 0.15) is 39.4 Å². The Hall–Kier alpha value is -3.87. The van der Waals surface area contributed by atoms with Gasteiger partial charge in [0.15, 0.2) is 12.4 Å². The first kappa shape index (κ1) is 19.9. The lowest BCUT2D eigenvalue weighted by molar-refractivity contribution is -0.124. The zero-order chi connectivity index (χ0) is 20.6. The molecule has 3 aromatic rings. The van der Waals surface area contributed by atoms with Crippen molar-refractivity contribution in [3.8, 4) is 0 Å². The van der Waals surface area contributed by atoms with Crippen LogP contribution in [0.25, 0.3) is 0 Å². The lowest BCUT2D eigenvalue weighted by Gasteiger charge is -2.14. The minimum atomic E-state index is -0.628. The quantitative estimate of drug-likeness (QED) is 0.599. The average Bonchev–Trinajstić information content (AvgIpc) is 3.28. The highest BCUT2D eigenvalue weighted by molar-refractivity contribution is 6.02. The van der Waals surface area contributed by atoms with Gasteiger partial charge in [0.25, 0.3) is 11.8 Å². The molecular formula is C22H20N2O5. The Labute approximate surface area is 167 Å². The van der Waals surface area contributed by atoms with Gasteiger partial charge in [-0.05, 0) is 48.9 Å². The molecule has 1 aromatic heterocycles. The maximum Gasteiger partial charge on any atom is 0.338 e. The maximum atomic E-state index is 12.1. The summed E-state index contributed by atoms with van der Waals surface area (Å²) in [4.78, 5) is 36.0. The molecule has 7 nitrogen and oxygen atoms in total. The van der Waals surface area contributed by atoms with Gasteiger partial charge in [0.1, 0.15) is 0 Å². The smallest absolute Gasteiger partial charge is 0.338 e. The van der Waals surface area contributed by atoms with E-state index in [0.717, 1.165) is 5.56 Å². The monoisotopic (exact) mass is 392 g/mol. The van der Waals surface area contributed by atoms with E-state index in [9.17, 15) is 14.4 Å². The third kappa shape index (κ3) is 5.55. The van der Waals surface area contributed by atoms with E-state index in [0.29, 0.717) is 5.69 Å². The molecule has 3 rings (SSSR count). The van der Waals surface area contributed by atoms with Crippen LogP contribution in [0.4, 0.5) is 5.69 Å². The predicted molar refractivity (Wildman–Crippen MR) is 106 cm³/mol. The van der Waals surface area contributed by atoms with E-state index in [1.54, 1.807) is 24.3 Å². The number of carbonyl (C=O) groups is 3. The Bertz CT molecular complexity index is 966. The molecule has 0 aliphatic heterocycles. The van der Waals surface area contributed by atoms with Crippen LogP contribution < -0.4 is 10.6 Å². The fourth-order valence-electron chi connectivity index (χ4n) is 2.61. The van der Waals surface area contributed by atoms with Gasteiger partial charge < -0.3 is 19.8 Å². The molecule has 2 aromatic carbocycles. The lowest BCUT2D eigenvalue weighted by Crippen LogP contribution is -2.31. The Kier molecular flexibility index (Phi) is 6.42. The number of amides is 2. The molecule has 0 saturated heterocycles. The molecule has 0 saturated carbocycles. The van der Waals surface area contributed by atoms with Crippen LogP contribution in [-0.2, 0) is 9.53 Å². The number of hydrogen-bond acceptors (Lipinski definition) is 5. The van der Waals surface area contributed by atoms with Crippen molar-refractivity contribution < 1.29 is 23.5 Å². The minimum Gasteiger partial charge on any atom is -0.459 e. The molecule has 1 atom stereocenters. The zero-order valence-electron chi connectivity index (χ0n) is 15.8. The summed E-state index contributed by atoms with van der Waals surface area (Å²) in [7, 11) is 0. The molecule has 148 valence electrons. The summed E-state index contributed by atoms with van der Waals surface area (Å²) in [6, 6.07) is 18.6. The fraction of sp³-hybridized carbons (Fsp3) is 0.136.